The third-order valence-electron chi connectivity index (χ3n) is 5.49. The Labute approximate surface area is 192 Å². The third kappa shape index (κ3) is 5.12. The molecule has 8 nitrogen and oxygen atoms in total. The van der Waals surface area contributed by atoms with Crippen molar-refractivity contribution in [3.8, 4) is 17.2 Å². The number of carbonyl (C=O) groups is 1. The van der Waals surface area contributed by atoms with Crippen LogP contribution in [0, 0.1) is 5.82 Å². The van der Waals surface area contributed by atoms with Gasteiger partial charge in [0.2, 0.25) is 21.7 Å². The average molecular weight is 477 g/mol. The maximum absolute atomic E-state index is 13.2. The zero-order chi connectivity index (χ0) is 23.4. The molecule has 0 atom stereocenters. The molecule has 1 amide bonds. The van der Waals surface area contributed by atoms with E-state index in [1.165, 1.54) is 29.6 Å². The van der Waals surface area contributed by atoms with Crippen LogP contribution in [0.2, 0.25) is 0 Å². The van der Waals surface area contributed by atoms with Crippen LogP contribution in [0.1, 0.15) is 12.0 Å². The molecule has 1 fully saturated rings. The Morgan fingerprint density at radius 1 is 1.06 bits per heavy atom. The van der Waals surface area contributed by atoms with Crippen molar-refractivity contribution in [2.24, 2.45) is 0 Å². The Hall–Kier alpha value is -3.11. The lowest BCUT2D eigenvalue weighted by molar-refractivity contribution is -0.125. The molecule has 1 saturated heterocycles. The Morgan fingerprint density at radius 2 is 1.82 bits per heavy atom. The number of benzene rings is 2. The van der Waals surface area contributed by atoms with E-state index in [9.17, 15) is 17.6 Å². The third-order valence-corrected chi connectivity index (χ3v) is 7.40. The maximum Gasteiger partial charge on any atom is 0.246 e. The van der Waals surface area contributed by atoms with E-state index in [1.54, 1.807) is 23.1 Å². The second kappa shape index (κ2) is 9.80. The van der Waals surface area contributed by atoms with Gasteiger partial charge in [-0.15, -0.1) is 0 Å². The Morgan fingerprint density at radius 3 is 2.58 bits per heavy atom. The fourth-order valence-corrected chi connectivity index (χ4v) is 5.24. The number of hydrogen-bond acceptors (Lipinski definition) is 6. The van der Waals surface area contributed by atoms with E-state index in [4.69, 9.17) is 14.2 Å². The van der Waals surface area contributed by atoms with Gasteiger partial charge in [0, 0.05) is 32.3 Å². The van der Waals surface area contributed by atoms with Gasteiger partial charge in [0.25, 0.3) is 0 Å². The highest BCUT2D eigenvalue weighted by Gasteiger charge is 2.28. The molecule has 2 aliphatic heterocycles. The summed E-state index contributed by atoms with van der Waals surface area (Å²) in [4.78, 5) is 14.4. The van der Waals surface area contributed by atoms with Crippen LogP contribution in [0.25, 0.3) is 6.08 Å². The van der Waals surface area contributed by atoms with Crippen molar-refractivity contribution < 1.29 is 31.8 Å². The fourth-order valence-electron chi connectivity index (χ4n) is 3.77. The fraction of sp³-hybridized carbons (Fsp3) is 0.348. The summed E-state index contributed by atoms with van der Waals surface area (Å²) in [5.74, 6) is 0.913. The molecule has 0 bridgehead atoms. The van der Waals surface area contributed by atoms with Gasteiger partial charge in [0.05, 0.1) is 12.0 Å². The molecule has 0 unspecified atom stereocenters. The number of nitrogens with zero attached hydrogens (tertiary/aromatic N) is 2. The largest absolute Gasteiger partial charge is 0.493 e. The molecular formula is C23H25FN2O6S. The van der Waals surface area contributed by atoms with Gasteiger partial charge in [0.15, 0.2) is 11.5 Å². The molecule has 10 heteroatoms. The number of methoxy groups -OCH3 is 1. The van der Waals surface area contributed by atoms with Crippen LogP contribution < -0.4 is 14.2 Å². The topological polar surface area (TPSA) is 85.4 Å². The highest BCUT2D eigenvalue weighted by atomic mass is 32.2. The molecule has 176 valence electrons. The minimum atomic E-state index is -3.75. The highest BCUT2D eigenvalue weighted by molar-refractivity contribution is 7.89. The van der Waals surface area contributed by atoms with Crippen LogP contribution >= 0.6 is 0 Å². The van der Waals surface area contributed by atoms with Crippen molar-refractivity contribution in [3.63, 3.8) is 0 Å². The van der Waals surface area contributed by atoms with Crippen LogP contribution in [0.3, 0.4) is 0 Å². The first-order valence-electron chi connectivity index (χ1n) is 10.6. The van der Waals surface area contributed by atoms with Crippen molar-refractivity contribution >= 4 is 22.0 Å². The normalized spacial score (nSPS) is 17.1. The Balaban J connectivity index is 1.43. The van der Waals surface area contributed by atoms with E-state index >= 15 is 0 Å². The summed E-state index contributed by atoms with van der Waals surface area (Å²) >= 11 is 0. The highest BCUT2D eigenvalue weighted by Crippen LogP contribution is 2.40. The minimum Gasteiger partial charge on any atom is -0.493 e. The Kier molecular flexibility index (Phi) is 6.85. The molecule has 0 saturated carbocycles. The van der Waals surface area contributed by atoms with E-state index < -0.39 is 15.8 Å². The van der Waals surface area contributed by atoms with Crippen LogP contribution in [-0.4, -0.2) is 70.0 Å². The number of carbonyl (C=O) groups excluding carboxylic acids is 1. The van der Waals surface area contributed by atoms with Crippen LogP contribution in [0.15, 0.2) is 47.4 Å². The number of sulfonamides is 1. The predicted molar refractivity (Wildman–Crippen MR) is 119 cm³/mol. The summed E-state index contributed by atoms with van der Waals surface area (Å²) in [5.41, 5.74) is 0.722. The second-order valence-corrected chi connectivity index (χ2v) is 9.56. The molecular weight excluding hydrogens is 451 g/mol. The number of ether oxygens (including phenoxy) is 3. The van der Waals surface area contributed by atoms with Crippen molar-refractivity contribution in [2.75, 3.05) is 46.5 Å². The molecule has 2 aliphatic rings. The first-order valence-corrected chi connectivity index (χ1v) is 12.0. The molecule has 33 heavy (non-hydrogen) atoms. The van der Waals surface area contributed by atoms with Gasteiger partial charge in [-0.2, -0.15) is 4.31 Å². The molecule has 2 aromatic rings. The number of fused-ring (bicyclic) bond motifs is 1. The number of halogens is 1. The van der Waals surface area contributed by atoms with Crippen LogP contribution in [0.4, 0.5) is 4.39 Å². The molecule has 0 N–H and O–H groups in total. The lowest BCUT2D eigenvalue weighted by atomic mass is 10.1. The van der Waals surface area contributed by atoms with Crippen molar-refractivity contribution in [1.29, 1.82) is 0 Å². The molecule has 2 heterocycles. The molecule has 0 spiro atoms. The summed E-state index contributed by atoms with van der Waals surface area (Å²) in [7, 11) is -2.22. The van der Waals surface area contributed by atoms with Gasteiger partial charge in [0.1, 0.15) is 19.0 Å². The summed E-state index contributed by atoms with van der Waals surface area (Å²) < 4.78 is 56.8. The van der Waals surface area contributed by atoms with Gasteiger partial charge >= 0.3 is 0 Å². The number of amides is 1. The summed E-state index contributed by atoms with van der Waals surface area (Å²) in [5, 5.41) is 0. The van der Waals surface area contributed by atoms with Crippen LogP contribution in [0.5, 0.6) is 17.2 Å². The molecule has 0 aromatic heterocycles. The molecule has 4 rings (SSSR count). The Bertz CT molecular complexity index is 1130. The zero-order valence-electron chi connectivity index (χ0n) is 18.2. The van der Waals surface area contributed by atoms with Gasteiger partial charge in [-0.05, 0) is 54.5 Å². The van der Waals surface area contributed by atoms with E-state index in [0.29, 0.717) is 43.4 Å². The smallest absolute Gasteiger partial charge is 0.246 e. The van der Waals surface area contributed by atoms with Crippen molar-refractivity contribution in [3.05, 3.63) is 53.9 Å². The van der Waals surface area contributed by atoms with E-state index in [2.05, 4.69) is 0 Å². The van der Waals surface area contributed by atoms with Gasteiger partial charge in [-0.25, -0.2) is 12.8 Å². The van der Waals surface area contributed by atoms with Crippen LogP contribution in [-0.2, 0) is 14.8 Å². The quantitative estimate of drug-likeness (QED) is 0.617. The maximum atomic E-state index is 13.2. The summed E-state index contributed by atoms with van der Waals surface area (Å²) in [6.07, 6.45) is 3.62. The lowest BCUT2D eigenvalue weighted by Gasteiger charge is -2.21. The van der Waals surface area contributed by atoms with E-state index in [1.807, 2.05) is 0 Å². The van der Waals surface area contributed by atoms with Gasteiger partial charge < -0.3 is 19.1 Å². The van der Waals surface area contributed by atoms with Crippen molar-refractivity contribution in [2.45, 2.75) is 11.3 Å². The number of rotatable bonds is 5. The van der Waals surface area contributed by atoms with E-state index in [-0.39, 0.29) is 30.4 Å². The van der Waals surface area contributed by atoms with Gasteiger partial charge in [-0.1, -0.05) is 0 Å². The summed E-state index contributed by atoms with van der Waals surface area (Å²) in [6, 6.07) is 8.29. The van der Waals surface area contributed by atoms with E-state index in [0.717, 1.165) is 17.7 Å². The lowest BCUT2D eigenvalue weighted by Crippen LogP contribution is -2.36. The molecule has 2 aromatic carbocycles. The SMILES string of the molecule is COc1cc(/C=C/C(=O)N2CCCN(S(=O)(=O)c3ccc(F)cc3)CC2)cc2c1OCCO2. The second-order valence-electron chi connectivity index (χ2n) is 7.62. The zero-order valence-corrected chi connectivity index (χ0v) is 19.0. The average Bonchev–Trinajstić information content (AvgIpc) is 3.09. The van der Waals surface area contributed by atoms with Gasteiger partial charge in [-0.3, -0.25) is 4.79 Å². The van der Waals surface area contributed by atoms with Crippen molar-refractivity contribution in [1.82, 2.24) is 9.21 Å². The molecule has 0 aliphatic carbocycles. The first kappa shape index (κ1) is 23.1. The predicted octanol–water partition coefficient (Wildman–Crippen LogP) is 2.54. The molecule has 0 radical (unpaired) electrons. The summed E-state index contributed by atoms with van der Waals surface area (Å²) in [6.45, 7) is 2.02. The number of hydrogen-bond donors (Lipinski definition) is 0. The first-order chi connectivity index (χ1) is 15.9. The monoisotopic (exact) mass is 476 g/mol. The standard InChI is InChI=1S/C23H25FN2O6S/c1-30-20-15-17(16-21-23(20)32-14-13-31-21)3-8-22(27)25-9-2-10-26(12-11-25)33(28,29)19-6-4-18(24)5-7-19/h3-8,15-16H,2,9-14H2,1H3/b8-3+. The minimum absolute atomic E-state index is 0.0381.